The highest BCUT2D eigenvalue weighted by Gasteiger charge is 2.32. The van der Waals surface area contributed by atoms with Gasteiger partial charge < -0.3 is 15.1 Å². The number of nitrogens with zero attached hydrogens (tertiary/aromatic N) is 2. The third-order valence-corrected chi connectivity index (χ3v) is 5.42. The molecule has 1 unspecified atom stereocenters. The quantitative estimate of drug-likeness (QED) is 0.747. The molecule has 0 bridgehead atoms. The first-order chi connectivity index (χ1) is 12.6. The molecule has 0 saturated carbocycles. The number of pyridine rings is 1. The molecule has 5 heteroatoms. The number of aryl methyl sites for hydroxylation is 1. The molecule has 2 N–H and O–H groups in total. The van der Waals surface area contributed by atoms with Gasteiger partial charge in [-0.15, -0.1) is 0 Å². The second kappa shape index (κ2) is 8.60. The van der Waals surface area contributed by atoms with Gasteiger partial charge in [0.25, 0.3) is 5.95 Å². The maximum Gasteiger partial charge on any atom is 0.255 e. The first kappa shape index (κ1) is 18.8. The summed E-state index contributed by atoms with van der Waals surface area (Å²) >= 11 is 0. The summed E-state index contributed by atoms with van der Waals surface area (Å²) < 4.78 is 13.5. The molecule has 26 heavy (non-hydrogen) atoms. The van der Waals surface area contributed by atoms with Gasteiger partial charge in [-0.05, 0) is 42.4 Å². The number of aliphatic hydroxyl groups excluding tert-OH is 1. The van der Waals surface area contributed by atoms with Crippen molar-refractivity contribution < 1.29 is 14.6 Å². The fraction of sp³-hybridized carbons (Fsp3) is 0.476. The minimum atomic E-state index is -0.815. The van der Waals surface area contributed by atoms with E-state index in [1.807, 2.05) is 13.0 Å². The van der Waals surface area contributed by atoms with E-state index >= 15 is 0 Å². The molecule has 0 amide bonds. The molecule has 4 nitrogen and oxygen atoms in total. The number of benzene rings is 1. The van der Waals surface area contributed by atoms with Crippen molar-refractivity contribution in [2.45, 2.75) is 25.7 Å². The molecule has 1 aromatic carbocycles. The number of aromatic nitrogens is 1. The smallest absolute Gasteiger partial charge is 0.255 e. The fourth-order valence-electron chi connectivity index (χ4n) is 3.91. The molecule has 0 aliphatic carbocycles. The van der Waals surface area contributed by atoms with Gasteiger partial charge >= 0.3 is 0 Å². The zero-order valence-electron chi connectivity index (χ0n) is 15.2. The summed E-state index contributed by atoms with van der Waals surface area (Å²) in [6, 6.07) is 13.5. The van der Waals surface area contributed by atoms with Gasteiger partial charge in [0.1, 0.15) is 0 Å². The van der Waals surface area contributed by atoms with Crippen molar-refractivity contribution in [2.24, 2.45) is 11.8 Å². The maximum absolute atomic E-state index is 13.5. The Morgan fingerprint density at radius 1 is 1.15 bits per heavy atom. The SMILES string of the molecule is CC(CN1C[C@@H](CCc2ccccc2)[C@@H](CO)C1)c1ccc(O)c(F)n1. The van der Waals surface area contributed by atoms with E-state index in [1.165, 1.54) is 11.6 Å². The van der Waals surface area contributed by atoms with Crippen LogP contribution in [0.3, 0.4) is 0 Å². The van der Waals surface area contributed by atoms with Crippen LogP contribution in [0.1, 0.15) is 30.5 Å². The number of halogens is 1. The molecular weight excluding hydrogens is 331 g/mol. The Morgan fingerprint density at radius 3 is 2.58 bits per heavy atom. The van der Waals surface area contributed by atoms with Gasteiger partial charge in [-0.25, -0.2) is 4.98 Å². The van der Waals surface area contributed by atoms with Crippen LogP contribution in [0.5, 0.6) is 5.75 Å². The minimum absolute atomic E-state index is 0.0670. The molecule has 1 aliphatic heterocycles. The molecule has 3 atom stereocenters. The third kappa shape index (κ3) is 4.59. The van der Waals surface area contributed by atoms with Gasteiger partial charge in [-0.1, -0.05) is 37.3 Å². The molecule has 2 aromatic rings. The van der Waals surface area contributed by atoms with E-state index in [-0.39, 0.29) is 18.4 Å². The van der Waals surface area contributed by atoms with Crippen LogP contribution in [0.25, 0.3) is 0 Å². The Bertz CT molecular complexity index is 710. The lowest BCUT2D eigenvalue weighted by atomic mass is 9.91. The molecular formula is C21H27FN2O2. The molecule has 140 valence electrons. The number of rotatable bonds is 7. The van der Waals surface area contributed by atoms with E-state index in [9.17, 15) is 14.6 Å². The highest BCUT2D eigenvalue weighted by atomic mass is 19.1. The van der Waals surface area contributed by atoms with E-state index in [2.05, 4.69) is 34.1 Å². The molecule has 1 saturated heterocycles. The Labute approximate surface area is 154 Å². The van der Waals surface area contributed by atoms with E-state index in [0.717, 1.165) is 32.5 Å². The lowest BCUT2D eigenvalue weighted by Crippen LogP contribution is -2.26. The van der Waals surface area contributed by atoms with Crippen LogP contribution < -0.4 is 0 Å². The zero-order valence-corrected chi connectivity index (χ0v) is 15.2. The summed E-state index contributed by atoms with van der Waals surface area (Å²) in [4.78, 5) is 6.20. The van der Waals surface area contributed by atoms with Crippen molar-refractivity contribution in [2.75, 3.05) is 26.2 Å². The van der Waals surface area contributed by atoms with Crippen LogP contribution in [0.2, 0.25) is 0 Å². The monoisotopic (exact) mass is 358 g/mol. The van der Waals surface area contributed by atoms with Crippen LogP contribution >= 0.6 is 0 Å². The molecule has 1 aliphatic rings. The van der Waals surface area contributed by atoms with Crippen molar-refractivity contribution in [1.29, 1.82) is 0 Å². The number of aliphatic hydroxyl groups is 1. The van der Waals surface area contributed by atoms with Crippen LogP contribution in [-0.4, -0.2) is 46.3 Å². The van der Waals surface area contributed by atoms with E-state index in [1.54, 1.807) is 6.07 Å². The summed E-state index contributed by atoms with van der Waals surface area (Å²) in [6.45, 7) is 4.81. The molecule has 0 spiro atoms. The predicted molar refractivity (Wildman–Crippen MR) is 99.5 cm³/mol. The second-order valence-corrected chi connectivity index (χ2v) is 7.39. The second-order valence-electron chi connectivity index (χ2n) is 7.39. The van der Waals surface area contributed by atoms with Crippen molar-refractivity contribution in [1.82, 2.24) is 9.88 Å². The van der Waals surface area contributed by atoms with Gasteiger partial charge in [0.2, 0.25) is 0 Å². The molecule has 3 rings (SSSR count). The third-order valence-electron chi connectivity index (χ3n) is 5.42. The first-order valence-electron chi connectivity index (χ1n) is 9.29. The highest BCUT2D eigenvalue weighted by Crippen LogP contribution is 2.29. The largest absolute Gasteiger partial charge is 0.504 e. The summed E-state index contributed by atoms with van der Waals surface area (Å²) in [5.41, 5.74) is 1.98. The van der Waals surface area contributed by atoms with Crippen molar-refractivity contribution in [3.63, 3.8) is 0 Å². The van der Waals surface area contributed by atoms with E-state index in [0.29, 0.717) is 11.6 Å². The summed E-state index contributed by atoms with van der Waals surface area (Å²) in [6.07, 6.45) is 2.09. The zero-order chi connectivity index (χ0) is 18.5. The molecule has 1 aromatic heterocycles. The Balaban J connectivity index is 1.56. The Morgan fingerprint density at radius 2 is 1.88 bits per heavy atom. The average Bonchev–Trinajstić information content (AvgIpc) is 3.04. The Hall–Kier alpha value is -1.98. The topological polar surface area (TPSA) is 56.6 Å². The van der Waals surface area contributed by atoms with E-state index in [4.69, 9.17) is 0 Å². The van der Waals surface area contributed by atoms with Crippen LogP contribution in [0.4, 0.5) is 4.39 Å². The van der Waals surface area contributed by atoms with E-state index < -0.39 is 11.7 Å². The Kier molecular flexibility index (Phi) is 6.22. The molecule has 1 fully saturated rings. The van der Waals surface area contributed by atoms with Gasteiger partial charge in [0.05, 0.1) is 0 Å². The minimum Gasteiger partial charge on any atom is -0.504 e. The highest BCUT2D eigenvalue weighted by molar-refractivity contribution is 5.22. The molecule has 0 radical (unpaired) electrons. The molecule has 2 heterocycles. The van der Waals surface area contributed by atoms with Gasteiger partial charge in [-0.2, -0.15) is 4.39 Å². The standard InChI is InChI=1S/C21H27FN2O2/c1-15(19-9-10-20(26)21(22)23-19)11-24-12-17(18(13-24)14-25)8-7-16-5-3-2-4-6-16/h2-6,9-10,15,17-18,25-26H,7-8,11-14H2,1H3/t15?,17-,18-/m1/s1. The number of likely N-dealkylation sites (tertiary alicyclic amines) is 1. The first-order valence-corrected chi connectivity index (χ1v) is 9.29. The van der Waals surface area contributed by atoms with Crippen LogP contribution in [0.15, 0.2) is 42.5 Å². The summed E-state index contributed by atoms with van der Waals surface area (Å²) in [5, 5.41) is 19.0. The van der Waals surface area contributed by atoms with Crippen molar-refractivity contribution in [3.05, 3.63) is 59.7 Å². The summed E-state index contributed by atoms with van der Waals surface area (Å²) in [5.74, 6) is -0.405. The number of aromatic hydroxyl groups is 1. The van der Waals surface area contributed by atoms with Gasteiger partial charge in [0.15, 0.2) is 5.75 Å². The number of hydrogen-bond acceptors (Lipinski definition) is 4. The summed E-state index contributed by atoms with van der Waals surface area (Å²) in [7, 11) is 0. The maximum atomic E-state index is 13.5. The predicted octanol–water partition coefficient (Wildman–Crippen LogP) is 3.20. The van der Waals surface area contributed by atoms with Crippen molar-refractivity contribution >= 4 is 0 Å². The average molecular weight is 358 g/mol. The lowest BCUT2D eigenvalue weighted by Gasteiger charge is -2.20. The lowest BCUT2D eigenvalue weighted by molar-refractivity contribution is 0.196. The van der Waals surface area contributed by atoms with Crippen LogP contribution in [-0.2, 0) is 6.42 Å². The van der Waals surface area contributed by atoms with Crippen molar-refractivity contribution in [3.8, 4) is 5.75 Å². The number of hydrogen-bond donors (Lipinski definition) is 2. The normalized spacial score (nSPS) is 21.8. The van der Waals surface area contributed by atoms with Gasteiger partial charge in [-0.3, -0.25) is 0 Å². The van der Waals surface area contributed by atoms with Crippen LogP contribution in [0, 0.1) is 17.8 Å². The van der Waals surface area contributed by atoms with Gasteiger partial charge in [0, 0.05) is 37.9 Å². The fourth-order valence-corrected chi connectivity index (χ4v) is 3.91.